The summed E-state index contributed by atoms with van der Waals surface area (Å²) in [5.74, 6) is 0.996. The molecule has 1 saturated heterocycles. The normalized spacial score (nSPS) is 20.8. The third kappa shape index (κ3) is 1.82. The molecule has 2 rings (SSSR count). The fourth-order valence-corrected chi connectivity index (χ4v) is 1.99. The molecule has 3 nitrogen and oxygen atoms in total. The Bertz CT molecular complexity index is 376. The number of hydrogen-bond acceptors (Lipinski definition) is 2. The third-order valence-corrected chi connectivity index (χ3v) is 2.82. The van der Waals surface area contributed by atoms with Gasteiger partial charge in [0.1, 0.15) is 5.75 Å². The summed E-state index contributed by atoms with van der Waals surface area (Å²) in [4.78, 5) is 13.5. The largest absolute Gasteiger partial charge is 0.497 e. The molecule has 0 N–H and O–H groups in total. The highest BCUT2D eigenvalue weighted by molar-refractivity contribution is 5.96. The van der Waals surface area contributed by atoms with Gasteiger partial charge in [0.05, 0.1) is 7.11 Å². The lowest BCUT2D eigenvalue weighted by Gasteiger charge is -2.22. The number of hydrogen-bond donors (Lipinski definition) is 0. The number of carbonyl (C=O) groups excluding carboxylic acids is 1. The van der Waals surface area contributed by atoms with Gasteiger partial charge >= 0.3 is 0 Å². The van der Waals surface area contributed by atoms with Gasteiger partial charge in [0.15, 0.2) is 0 Å². The lowest BCUT2D eigenvalue weighted by Crippen LogP contribution is -2.30. The van der Waals surface area contributed by atoms with Gasteiger partial charge in [0.2, 0.25) is 5.91 Å². The van der Waals surface area contributed by atoms with Crippen molar-refractivity contribution in [1.82, 2.24) is 0 Å². The molecule has 1 aromatic carbocycles. The van der Waals surface area contributed by atoms with Crippen molar-refractivity contribution in [2.75, 3.05) is 12.0 Å². The van der Waals surface area contributed by atoms with E-state index >= 15 is 0 Å². The number of anilines is 1. The molecule has 1 fully saturated rings. The van der Waals surface area contributed by atoms with Crippen LogP contribution in [0.5, 0.6) is 5.75 Å². The van der Waals surface area contributed by atoms with Crippen LogP contribution in [0.25, 0.3) is 0 Å². The van der Waals surface area contributed by atoms with Crippen LogP contribution < -0.4 is 9.64 Å². The summed E-state index contributed by atoms with van der Waals surface area (Å²) in [5.41, 5.74) is 0.935. The first-order chi connectivity index (χ1) is 7.22. The zero-order valence-corrected chi connectivity index (χ0v) is 9.06. The van der Waals surface area contributed by atoms with E-state index in [1.165, 1.54) is 0 Å². The van der Waals surface area contributed by atoms with Crippen molar-refractivity contribution >= 4 is 11.6 Å². The van der Waals surface area contributed by atoms with Crippen LogP contribution in [0, 0.1) is 0 Å². The Morgan fingerprint density at radius 3 is 2.87 bits per heavy atom. The Hall–Kier alpha value is -1.51. The fraction of sp³-hybridized carbons (Fsp3) is 0.417. The highest BCUT2D eigenvalue weighted by Gasteiger charge is 2.28. The molecule has 0 bridgehead atoms. The summed E-state index contributed by atoms with van der Waals surface area (Å²) in [5, 5.41) is 0. The van der Waals surface area contributed by atoms with Crippen LogP contribution in [0.4, 0.5) is 5.69 Å². The number of carbonyl (C=O) groups is 1. The van der Waals surface area contributed by atoms with E-state index in [1.54, 1.807) is 7.11 Å². The van der Waals surface area contributed by atoms with E-state index in [1.807, 2.05) is 29.2 Å². The Labute approximate surface area is 89.7 Å². The Morgan fingerprint density at radius 1 is 1.47 bits per heavy atom. The van der Waals surface area contributed by atoms with E-state index in [-0.39, 0.29) is 5.91 Å². The molecule has 80 valence electrons. The Kier molecular flexibility index (Phi) is 2.62. The highest BCUT2D eigenvalue weighted by Crippen LogP contribution is 2.28. The Balaban J connectivity index is 2.31. The summed E-state index contributed by atoms with van der Waals surface area (Å²) in [6.07, 6.45) is 1.59. The molecular weight excluding hydrogens is 190 g/mol. The van der Waals surface area contributed by atoms with Crippen molar-refractivity contribution in [3.05, 3.63) is 24.3 Å². The van der Waals surface area contributed by atoms with Crippen LogP contribution in [0.15, 0.2) is 24.3 Å². The van der Waals surface area contributed by atoms with Gasteiger partial charge in [-0.2, -0.15) is 0 Å². The maximum absolute atomic E-state index is 11.7. The van der Waals surface area contributed by atoms with Crippen molar-refractivity contribution in [2.24, 2.45) is 0 Å². The van der Waals surface area contributed by atoms with Crippen molar-refractivity contribution < 1.29 is 9.53 Å². The third-order valence-electron chi connectivity index (χ3n) is 2.82. The quantitative estimate of drug-likeness (QED) is 0.740. The summed E-state index contributed by atoms with van der Waals surface area (Å²) in [6, 6.07) is 7.94. The van der Waals surface area contributed by atoms with Gasteiger partial charge < -0.3 is 9.64 Å². The standard InChI is InChI=1S/C12H15NO2/c1-9-6-7-12(14)13(9)10-4-3-5-11(8-10)15-2/h3-5,8-9H,6-7H2,1-2H3. The lowest BCUT2D eigenvalue weighted by molar-refractivity contribution is -0.117. The van der Waals surface area contributed by atoms with Gasteiger partial charge in [-0.05, 0) is 25.5 Å². The van der Waals surface area contributed by atoms with Crippen LogP contribution in [-0.4, -0.2) is 19.1 Å². The molecule has 1 aromatic rings. The van der Waals surface area contributed by atoms with Crippen molar-refractivity contribution in [3.8, 4) is 5.75 Å². The smallest absolute Gasteiger partial charge is 0.227 e. The van der Waals surface area contributed by atoms with Gasteiger partial charge in [0.25, 0.3) is 0 Å². The number of nitrogens with zero attached hydrogens (tertiary/aromatic N) is 1. The van der Waals surface area contributed by atoms with Crippen LogP contribution in [0.3, 0.4) is 0 Å². The van der Waals surface area contributed by atoms with Crippen LogP contribution >= 0.6 is 0 Å². The Morgan fingerprint density at radius 2 is 2.27 bits per heavy atom. The zero-order chi connectivity index (χ0) is 10.8. The van der Waals surface area contributed by atoms with E-state index in [0.29, 0.717) is 12.5 Å². The molecular formula is C12H15NO2. The second-order valence-corrected chi connectivity index (χ2v) is 3.85. The molecule has 0 saturated carbocycles. The first-order valence-corrected chi connectivity index (χ1v) is 5.18. The van der Waals surface area contributed by atoms with E-state index in [9.17, 15) is 4.79 Å². The zero-order valence-electron chi connectivity index (χ0n) is 9.06. The van der Waals surface area contributed by atoms with Crippen LogP contribution in [0.1, 0.15) is 19.8 Å². The van der Waals surface area contributed by atoms with E-state index in [4.69, 9.17) is 4.74 Å². The molecule has 1 aliphatic rings. The molecule has 1 aliphatic heterocycles. The van der Waals surface area contributed by atoms with Gasteiger partial charge in [-0.25, -0.2) is 0 Å². The second kappa shape index (κ2) is 3.93. The summed E-state index contributed by atoms with van der Waals surface area (Å²) >= 11 is 0. The van der Waals surface area contributed by atoms with Crippen molar-refractivity contribution in [2.45, 2.75) is 25.8 Å². The van der Waals surface area contributed by atoms with Crippen molar-refractivity contribution in [3.63, 3.8) is 0 Å². The summed E-state index contributed by atoms with van der Waals surface area (Å²) in [7, 11) is 1.63. The lowest BCUT2D eigenvalue weighted by atomic mass is 10.2. The average molecular weight is 205 g/mol. The SMILES string of the molecule is COc1cccc(N2C(=O)CCC2C)c1. The van der Waals surface area contributed by atoms with Gasteiger partial charge in [-0.15, -0.1) is 0 Å². The first kappa shape index (κ1) is 10.0. The molecule has 0 aromatic heterocycles. The summed E-state index contributed by atoms with van der Waals surface area (Å²) in [6.45, 7) is 2.07. The number of rotatable bonds is 2. The van der Waals surface area contributed by atoms with Crippen LogP contribution in [0.2, 0.25) is 0 Å². The van der Waals surface area contributed by atoms with Gasteiger partial charge in [-0.1, -0.05) is 6.07 Å². The van der Waals surface area contributed by atoms with Gasteiger partial charge in [0, 0.05) is 24.2 Å². The number of amides is 1. The average Bonchev–Trinajstić information content (AvgIpc) is 2.59. The summed E-state index contributed by atoms with van der Waals surface area (Å²) < 4.78 is 5.15. The minimum atomic E-state index is 0.204. The molecule has 0 radical (unpaired) electrons. The molecule has 1 atom stereocenters. The number of benzene rings is 1. The van der Waals surface area contributed by atoms with E-state index in [0.717, 1.165) is 17.9 Å². The maximum atomic E-state index is 11.7. The number of ether oxygens (including phenoxy) is 1. The molecule has 0 aliphatic carbocycles. The first-order valence-electron chi connectivity index (χ1n) is 5.18. The molecule has 0 spiro atoms. The predicted octanol–water partition coefficient (Wildman–Crippen LogP) is 2.21. The fourth-order valence-electron chi connectivity index (χ4n) is 1.99. The monoisotopic (exact) mass is 205 g/mol. The molecule has 1 unspecified atom stereocenters. The second-order valence-electron chi connectivity index (χ2n) is 3.85. The van der Waals surface area contributed by atoms with Crippen molar-refractivity contribution in [1.29, 1.82) is 0 Å². The molecule has 1 amide bonds. The van der Waals surface area contributed by atoms with Gasteiger partial charge in [-0.3, -0.25) is 4.79 Å². The molecule has 3 heteroatoms. The topological polar surface area (TPSA) is 29.5 Å². The highest BCUT2D eigenvalue weighted by atomic mass is 16.5. The minimum Gasteiger partial charge on any atom is -0.497 e. The number of methoxy groups -OCH3 is 1. The maximum Gasteiger partial charge on any atom is 0.227 e. The predicted molar refractivity (Wildman–Crippen MR) is 59.2 cm³/mol. The molecule has 15 heavy (non-hydrogen) atoms. The minimum absolute atomic E-state index is 0.204. The van der Waals surface area contributed by atoms with Crippen LogP contribution in [-0.2, 0) is 4.79 Å². The van der Waals surface area contributed by atoms with E-state index in [2.05, 4.69) is 6.92 Å². The van der Waals surface area contributed by atoms with E-state index < -0.39 is 0 Å². The molecule has 1 heterocycles.